The molecule has 2 aromatic rings. The van der Waals surface area contributed by atoms with Gasteiger partial charge < -0.3 is 19.7 Å². The maximum absolute atomic E-state index is 13.0. The fourth-order valence-electron chi connectivity index (χ4n) is 2.99. The summed E-state index contributed by atoms with van der Waals surface area (Å²) in [5.74, 6) is 0.636. The number of benzene rings is 2. The van der Waals surface area contributed by atoms with Gasteiger partial charge in [-0.3, -0.25) is 9.59 Å². The lowest BCUT2D eigenvalue weighted by atomic mass is 10.0. The average Bonchev–Trinajstić information content (AvgIpc) is 2.67. The highest BCUT2D eigenvalue weighted by Gasteiger charge is 2.34. The van der Waals surface area contributed by atoms with Gasteiger partial charge in [0.1, 0.15) is 6.04 Å². The lowest BCUT2D eigenvalue weighted by Gasteiger charge is -2.35. The molecular weight excluding hydrogens is 320 g/mol. The summed E-state index contributed by atoms with van der Waals surface area (Å²) in [4.78, 5) is 27.1. The molecule has 0 bridgehead atoms. The van der Waals surface area contributed by atoms with Gasteiger partial charge in [0.15, 0.2) is 11.5 Å². The van der Waals surface area contributed by atoms with Gasteiger partial charge in [0, 0.05) is 18.7 Å². The van der Waals surface area contributed by atoms with Crippen molar-refractivity contribution in [3.8, 4) is 11.5 Å². The second-order valence-corrected chi connectivity index (χ2v) is 5.67. The van der Waals surface area contributed by atoms with Gasteiger partial charge in [0.05, 0.1) is 14.2 Å². The van der Waals surface area contributed by atoms with Crippen molar-refractivity contribution >= 4 is 11.8 Å². The van der Waals surface area contributed by atoms with Gasteiger partial charge in [-0.1, -0.05) is 30.3 Å². The molecule has 1 unspecified atom stereocenters. The molecule has 0 radical (unpaired) electrons. The molecule has 0 aromatic heterocycles. The van der Waals surface area contributed by atoms with E-state index in [1.807, 2.05) is 30.3 Å². The van der Waals surface area contributed by atoms with E-state index in [-0.39, 0.29) is 11.8 Å². The van der Waals surface area contributed by atoms with Crippen LogP contribution in [0.4, 0.5) is 0 Å². The van der Waals surface area contributed by atoms with Crippen molar-refractivity contribution in [2.75, 3.05) is 27.3 Å². The third-order valence-corrected chi connectivity index (χ3v) is 4.22. The third kappa shape index (κ3) is 3.28. The number of nitrogens with one attached hydrogen (secondary N) is 1. The van der Waals surface area contributed by atoms with Gasteiger partial charge in [-0.2, -0.15) is 0 Å². The highest BCUT2D eigenvalue weighted by atomic mass is 16.5. The Morgan fingerprint density at radius 3 is 2.48 bits per heavy atom. The molecule has 3 rings (SSSR count). The molecule has 1 aliphatic heterocycles. The minimum absolute atomic E-state index is 0.175. The number of methoxy groups -OCH3 is 2. The van der Waals surface area contributed by atoms with Crippen LogP contribution in [-0.2, 0) is 4.79 Å². The van der Waals surface area contributed by atoms with Crippen LogP contribution in [0.5, 0.6) is 11.5 Å². The molecule has 6 heteroatoms. The van der Waals surface area contributed by atoms with Crippen LogP contribution >= 0.6 is 0 Å². The van der Waals surface area contributed by atoms with Crippen LogP contribution < -0.4 is 14.8 Å². The Hall–Kier alpha value is -3.02. The number of nitrogens with zero attached hydrogens (tertiary/aromatic N) is 1. The molecular formula is C19H20N2O4. The molecule has 1 aliphatic rings. The smallest absolute Gasteiger partial charge is 0.255 e. The van der Waals surface area contributed by atoms with E-state index in [1.165, 1.54) is 7.11 Å². The molecule has 130 valence electrons. The van der Waals surface area contributed by atoms with E-state index < -0.39 is 6.04 Å². The molecule has 1 saturated heterocycles. The zero-order valence-corrected chi connectivity index (χ0v) is 14.2. The summed E-state index contributed by atoms with van der Waals surface area (Å²) >= 11 is 0. The summed E-state index contributed by atoms with van der Waals surface area (Å²) in [6.45, 7) is 0.875. The molecule has 0 saturated carbocycles. The summed E-state index contributed by atoms with van der Waals surface area (Å²) in [7, 11) is 3.06. The molecule has 2 aromatic carbocycles. The molecule has 1 atom stereocenters. The highest BCUT2D eigenvalue weighted by molar-refractivity contribution is 5.99. The van der Waals surface area contributed by atoms with E-state index in [0.29, 0.717) is 30.2 Å². The van der Waals surface area contributed by atoms with E-state index in [2.05, 4.69) is 5.32 Å². The standard InChI is InChI=1S/C19H20N2O4/c1-24-15-9-8-14(12-16(15)25-2)19(23)21-11-10-20-18(22)17(21)13-6-4-3-5-7-13/h3-9,12,17H,10-11H2,1-2H3,(H,20,22). The maximum atomic E-state index is 13.0. The summed E-state index contributed by atoms with van der Waals surface area (Å²) < 4.78 is 10.5. The van der Waals surface area contributed by atoms with E-state index >= 15 is 0 Å². The maximum Gasteiger partial charge on any atom is 0.255 e. The minimum Gasteiger partial charge on any atom is -0.493 e. The van der Waals surface area contributed by atoms with Crippen LogP contribution in [0, 0.1) is 0 Å². The normalized spacial score (nSPS) is 17.0. The number of carbonyl (C=O) groups excluding carboxylic acids is 2. The summed E-state index contributed by atoms with van der Waals surface area (Å²) in [5, 5.41) is 2.83. The van der Waals surface area contributed by atoms with Crippen LogP contribution in [0.2, 0.25) is 0 Å². The second kappa shape index (κ2) is 7.25. The number of carbonyl (C=O) groups is 2. The van der Waals surface area contributed by atoms with Crippen molar-refractivity contribution in [2.24, 2.45) is 0 Å². The van der Waals surface area contributed by atoms with Gasteiger partial charge in [0.25, 0.3) is 5.91 Å². The van der Waals surface area contributed by atoms with Gasteiger partial charge in [-0.25, -0.2) is 0 Å². The molecule has 1 N–H and O–H groups in total. The topological polar surface area (TPSA) is 67.9 Å². The predicted molar refractivity (Wildman–Crippen MR) is 92.8 cm³/mol. The quantitative estimate of drug-likeness (QED) is 0.925. The third-order valence-electron chi connectivity index (χ3n) is 4.22. The first-order valence-electron chi connectivity index (χ1n) is 8.01. The zero-order chi connectivity index (χ0) is 17.8. The van der Waals surface area contributed by atoms with Crippen LogP contribution in [0.3, 0.4) is 0 Å². The van der Waals surface area contributed by atoms with Crippen molar-refractivity contribution in [1.29, 1.82) is 0 Å². The highest BCUT2D eigenvalue weighted by Crippen LogP contribution is 2.30. The van der Waals surface area contributed by atoms with Crippen LogP contribution in [0.1, 0.15) is 22.0 Å². The molecule has 25 heavy (non-hydrogen) atoms. The Kier molecular flexibility index (Phi) is 4.88. The summed E-state index contributed by atoms with van der Waals surface area (Å²) in [6, 6.07) is 13.7. The Morgan fingerprint density at radius 2 is 1.80 bits per heavy atom. The number of piperazine rings is 1. The van der Waals surface area contributed by atoms with E-state index in [0.717, 1.165) is 5.56 Å². The molecule has 0 aliphatic carbocycles. The SMILES string of the molecule is COc1ccc(C(=O)N2CCNC(=O)C2c2ccccc2)cc1OC. The fraction of sp³-hybridized carbons (Fsp3) is 0.263. The first-order chi connectivity index (χ1) is 12.2. The van der Waals surface area contributed by atoms with Crippen molar-refractivity contribution in [3.63, 3.8) is 0 Å². The van der Waals surface area contributed by atoms with Gasteiger partial charge in [-0.15, -0.1) is 0 Å². The van der Waals surface area contributed by atoms with Gasteiger partial charge in [0.2, 0.25) is 5.91 Å². The Morgan fingerprint density at radius 1 is 1.08 bits per heavy atom. The predicted octanol–water partition coefficient (Wildman–Crippen LogP) is 2.02. The Bertz CT molecular complexity index is 776. The number of ether oxygens (including phenoxy) is 2. The number of hydrogen-bond donors (Lipinski definition) is 1. The van der Waals surface area contributed by atoms with E-state index in [9.17, 15) is 9.59 Å². The fourth-order valence-corrected chi connectivity index (χ4v) is 2.99. The molecule has 0 spiro atoms. The Labute approximate surface area is 146 Å². The lowest BCUT2D eigenvalue weighted by molar-refractivity contribution is -0.128. The van der Waals surface area contributed by atoms with Crippen molar-refractivity contribution in [1.82, 2.24) is 10.2 Å². The zero-order valence-electron chi connectivity index (χ0n) is 14.2. The molecule has 1 fully saturated rings. The lowest BCUT2D eigenvalue weighted by Crippen LogP contribution is -2.52. The molecule has 2 amide bonds. The van der Waals surface area contributed by atoms with E-state index in [1.54, 1.807) is 30.2 Å². The first kappa shape index (κ1) is 16.8. The number of hydrogen-bond acceptors (Lipinski definition) is 4. The minimum atomic E-state index is -0.643. The van der Waals surface area contributed by atoms with Crippen molar-refractivity contribution < 1.29 is 19.1 Å². The van der Waals surface area contributed by atoms with Gasteiger partial charge >= 0.3 is 0 Å². The Balaban J connectivity index is 1.95. The van der Waals surface area contributed by atoms with Gasteiger partial charge in [-0.05, 0) is 23.8 Å². The van der Waals surface area contributed by atoms with Crippen molar-refractivity contribution in [3.05, 3.63) is 59.7 Å². The number of amides is 2. The largest absolute Gasteiger partial charge is 0.493 e. The second-order valence-electron chi connectivity index (χ2n) is 5.67. The van der Waals surface area contributed by atoms with Crippen LogP contribution in [0.15, 0.2) is 48.5 Å². The first-order valence-corrected chi connectivity index (χ1v) is 8.01. The molecule has 6 nitrogen and oxygen atoms in total. The monoisotopic (exact) mass is 340 g/mol. The van der Waals surface area contributed by atoms with Crippen molar-refractivity contribution in [2.45, 2.75) is 6.04 Å². The van der Waals surface area contributed by atoms with E-state index in [4.69, 9.17) is 9.47 Å². The summed E-state index contributed by atoms with van der Waals surface area (Å²) in [6.07, 6.45) is 0. The molecule has 1 heterocycles. The number of rotatable bonds is 4. The van der Waals surface area contributed by atoms with Crippen LogP contribution in [-0.4, -0.2) is 44.0 Å². The summed E-state index contributed by atoms with van der Waals surface area (Å²) in [5.41, 5.74) is 1.24. The average molecular weight is 340 g/mol. The van der Waals surface area contributed by atoms with Crippen LogP contribution in [0.25, 0.3) is 0 Å².